The lowest BCUT2D eigenvalue weighted by atomic mass is 9.67. The van der Waals surface area contributed by atoms with Crippen LogP contribution in [0.1, 0.15) is 94.2 Å². The summed E-state index contributed by atoms with van der Waals surface area (Å²) in [7, 11) is 0. The number of rotatable bonds is 7. The van der Waals surface area contributed by atoms with Gasteiger partial charge in [0.15, 0.2) is 5.60 Å². The topological polar surface area (TPSA) is 65.0 Å². The number of aliphatic hydroxyl groups is 1. The summed E-state index contributed by atoms with van der Waals surface area (Å²) in [6.07, 6.45) is 0. The predicted octanol–water partition coefficient (Wildman–Crippen LogP) is 6.74. The molecule has 1 N–H and O–H groups in total. The molecule has 0 saturated carbocycles. The highest BCUT2D eigenvalue weighted by Gasteiger charge is 2.46. The summed E-state index contributed by atoms with van der Waals surface area (Å²) in [4.78, 5) is 13.2. The van der Waals surface area contributed by atoms with E-state index in [1.165, 1.54) is 0 Å². The van der Waals surface area contributed by atoms with Crippen molar-refractivity contribution in [2.24, 2.45) is 33.5 Å². The molecule has 5 heteroatoms. The summed E-state index contributed by atoms with van der Waals surface area (Å²) in [5, 5.41) is 10.4. The Morgan fingerprint density at radius 2 is 1.49 bits per heavy atom. The highest BCUT2D eigenvalue weighted by atomic mass is 16.6. The highest BCUT2D eigenvalue weighted by Crippen LogP contribution is 2.45. The van der Waals surface area contributed by atoms with E-state index in [0.29, 0.717) is 19.1 Å². The van der Waals surface area contributed by atoms with Gasteiger partial charge in [-0.1, -0.05) is 95.2 Å². The molecule has 0 saturated heterocycles. The van der Waals surface area contributed by atoms with Crippen LogP contribution in [0.4, 0.5) is 0 Å². The standard InChI is InChI=1S/C30H50O5/c1-26(2,3)23(27(4,5)6)17-33-22-15-13-14-21-20(22)16-35-30(21,18-31)19-34-25(32)24(28(7,8)9)29(10,11)12/h13-15,23-24,31H,16-19H2,1-12H3/t30-/m1/s1. The number of fused-ring (bicyclic) bond motifs is 1. The van der Waals surface area contributed by atoms with Crippen LogP contribution >= 0.6 is 0 Å². The molecule has 0 aliphatic carbocycles. The molecule has 0 unspecified atom stereocenters. The maximum absolute atomic E-state index is 13.2. The Morgan fingerprint density at radius 3 is 1.94 bits per heavy atom. The number of aliphatic hydroxyl groups excluding tert-OH is 1. The molecule has 1 aromatic rings. The molecular weight excluding hydrogens is 440 g/mol. The lowest BCUT2D eigenvalue weighted by Gasteiger charge is -2.40. The molecule has 1 aliphatic rings. The predicted molar refractivity (Wildman–Crippen MR) is 141 cm³/mol. The van der Waals surface area contributed by atoms with Crippen molar-refractivity contribution in [3.8, 4) is 5.75 Å². The van der Waals surface area contributed by atoms with Gasteiger partial charge in [-0.25, -0.2) is 0 Å². The average Bonchev–Trinajstić information content (AvgIpc) is 3.02. The summed E-state index contributed by atoms with van der Waals surface area (Å²) in [6, 6.07) is 5.82. The van der Waals surface area contributed by atoms with Crippen LogP contribution in [0.3, 0.4) is 0 Å². The summed E-state index contributed by atoms with van der Waals surface area (Å²) in [5.74, 6) is 0.543. The fraction of sp³-hybridized carbons (Fsp3) is 0.767. The third-order valence-corrected chi connectivity index (χ3v) is 7.28. The fourth-order valence-electron chi connectivity index (χ4n) is 6.11. The zero-order valence-electron chi connectivity index (χ0n) is 24.3. The second-order valence-corrected chi connectivity index (χ2v) is 14.6. The van der Waals surface area contributed by atoms with E-state index < -0.39 is 5.60 Å². The van der Waals surface area contributed by atoms with Gasteiger partial charge in [0.05, 0.1) is 25.7 Å². The van der Waals surface area contributed by atoms with Gasteiger partial charge in [-0.3, -0.25) is 4.79 Å². The van der Waals surface area contributed by atoms with E-state index in [9.17, 15) is 9.90 Å². The van der Waals surface area contributed by atoms with Gasteiger partial charge in [0.1, 0.15) is 12.4 Å². The van der Waals surface area contributed by atoms with Crippen molar-refractivity contribution in [1.29, 1.82) is 0 Å². The second-order valence-electron chi connectivity index (χ2n) is 14.6. The van der Waals surface area contributed by atoms with Crippen molar-refractivity contribution in [3.63, 3.8) is 0 Å². The quantitative estimate of drug-likeness (QED) is 0.429. The van der Waals surface area contributed by atoms with E-state index in [1.807, 2.05) is 18.2 Å². The van der Waals surface area contributed by atoms with Crippen LogP contribution in [0.2, 0.25) is 0 Å². The Bertz CT molecular complexity index is 848. The summed E-state index contributed by atoms with van der Waals surface area (Å²) in [6.45, 7) is 26.4. The minimum atomic E-state index is -1.09. The normalized spacial score (nSPS) is 19.3. The minimum Gasteiger partial charge on any atom is -0.493 e. The van der Waals surface area contributed by atoms with Gasteiger partial charge in [-0.15, -0.1) is 0 Å². The molecular formula is C30H50O5. The molecule has 0 spiro atoms. The van der Waals surface area contributed by atoms with Crippen molar-refractivity contribution in [1.82, 2.24) is 0 Å². The van der Waals surface area contributed by atoms with Gasteiger partial charge >= 0.3 is 5.97 Å². The first kappa shape index (κ1) is 29.6. The molecule has 35 heavy (non-hydrogen) atoms. The maximum Gasteiger partial charge on any atom is 0.310 e. The van der Waals surface area contributed by atoms with Crippen molar-refractivity contribution >= 4 is 5.97 Å². The molecule has 0 radical (unpaired) electrons. The molecule has 1 heterocycles. The van der Waals surface area contributed by atoms with Crippen LogP contribution in [-0.2, 0) is 26.5 Å². The Balaban J connectivity index is 2.27. The summed E-state index contributed by atoms with van der Waals surface area (Å²) < 4.78 is 18.4. The zero-order valence-corrected chi connectivity index (χ0v) is 24.3. The highest BCUT2D eigenvalue weighted by molar-refractivity contribution is 5.74. The van der Waals surface area contributed by atoms with E-state index >= 15 is 0 Å². The number of carbonyl (C=O) groups is 1. The largest absolute Gasteiger partial charge is 0.493 e. The smallest absolute Gasteiger partial charge is 0.310 e. The first-order chi connectivity index (χ1) is 15.7. The number of hydrogen-bond donors (Lipinski definition) is 1. The summed E-state index contributed by atoms with van der Waals surface area (Å²) >= 11 is 0. The van der Waals surface area contributed by atoms with Crippen LogP contribution in [-0.4, -0.2) is 30.9 Å². The first-order valence-electron chi connectivity index (χ1n) is 12.9. The summed E-state index contributed by atoms with van der Waals surface area (Å²) in [5.41, 5.74) is 0.331. The minimum absolute atomic E-state index is 0.0337. The Hall–Kier alpha value is -1.59. The molecule has 0 bridgehead atoms. The molecule has 1 aliphatic heterocycles. The number of hydrogen-bond acceptors (Lipinski definition) is 5. The Morgan fingerprint density at radius 1 is 0.943 bits per heavy atom. The van der Waals surface area contributed by atoms with Crippen molar-refractivity contribution in [2.45, 2.75) is 95.3 Å². The van der Waals surface area contributed by atoms with Crippen LogP contribution in [0, 0.1) is 33.5 Å². The van der Waals surface area contributed by atoms with E-state index in [0.717, 1.165) is 16.9 Å². The van der Waals surface area contributed by atoms with Gasteiger partial charge in [0.2, 0.25) is 0 Å². The van der Waals surface area contributed by atoms with Crippen LogP contribution < -0.4 is 4.74 Å². The molecule has 1 atom stereocenters. The molecule has 5 nitrogen and oxygen atoms in total. The SMILES string of the molecule is CC(C)(C)C(COc1cccc2c1CO[C@]2(CO)COC(=O)C(C(C)(C)C)C(C)(C)C)C(C)(C)C. The monoisotopic (exact) mass is 490 g/mol. The van der Waals surface area contributed by atoms with Crippen molar-refractivity contribution < 1.29 is 24.1 Å². The lowest BCUT2D eigenvalue weighted by molar-refractivity contribution is -0.173. The average molecular weight is 491 g/mol. The van der Waals surface area contributed by atoms with E-state index in [2.05, 4.69) is 83.1 Å². The van der Waals surface area contributed by atoms with Gasteiger partial charge in [0.25, 0.3) is 0 Å². The van der Waals surface area contributed by atoms with Crippen LogP contribution in [0.5, 0.6) is 5.75 Å². The molecule has 0 amide bonds. The van der Waals surface area contributed by atoms with Crippen molar-refractivity contribution in [3.05, 3.63) is 29.3 Å². The second kappa shape index (κ2) is 10.0. The van der Waals surface area contributed by atoms with E-state index in [4.69, 9.17) is 14.2 Å². The van der Waals surface area contributed by atoms with Crippen LogP contribution in [0.25, 0.3) is 0 Å². The van der Waals surface area contributed by atoms with Gasteiger partial charge in [-0.2, -0.15) is 0 Å². The molecule has 0 aromatic heterocycles. The lowest BCUT2D eigenvalue weighted by Crippen LogP contribution is -2.43. The van der Waals surface area contributed by atoms with Crippen LogP contribution in [0.15, 0.2) is 18.2 Å². The van der Waals surface area contributed by atoms with Crippen molar-refractivity contribution in [2.75, 3.05) is 19.8 Å². The Labute approximate surface area is 213 Å². The number of ether oxygens (including phenoxy) is 3. The zero-order chi connectivity index (χ0) is 27.0. The molecule has 0 fully saturated rings. The molecule has 200 valence electrons. The third-order valence-electron chi connectivity index (χ3n) is 7.28. The van der Waals surface area contributed by atoms with E-state index in [1.54, 1.807) is 0 Å². The molecule has 2 rings (SSSR count). The number of esters is 1. The number of carbonyl (C=O) groups excluding carboxylic acids is 1. The Kier molecular flexibility index (Phi) is 8.51. The van der Waals surface area contributed by atoms with Gasteiger partial charge in [0, 0.05) is 11.5 Å². The van der Waals surface area contributed by atoms with Gasteiger partial charge < -0.3 is 19.3 Å². The maximum atomic E-state index is 13.2. The third kappa shape index (κ3) is 6.80. The fourth-order valence-corrected chi connectivity index (χ4v) is 6.11. The molecule has 1 aromatic carbocycles. The van der Waals surface area contributed by atoms with E-state index in [-0.39, 0.29) is 46.8 Å². The van der Waals surface area contributed by atoms with Gasteiger partial charge in [-0.05, 0) is 33.3 Å². The number of benzene rings is 1. The first-order valence-corrected chi connectivity index (χ1v) is 12.9.